The molecule has 2 fully saturated rings. The summed E-state index contributed by atoms with van der Waals surface area (Å²) in [5.41, 5.74) is 0.775. The van der Waals surface area contributed by atoms with Crippen LogP contribution in [0.25, 0.3) is 0 Å². The molecule has 1 aliphatic heterocycles. The minimum absolute atomic E-state index is 0.119. The number of carbonyl (C=O) groups excluding carboxylic acids is 2. The Morgan fingerprint density at radius 2 is 1.63 bits per heavy atom. The third-order valence-electron chi connectivity index (χ3n) is 6.10. The van der Waals surface area contributed by atoms with Crippen LogP contribution in [-0.4, -0.2) is 59.5 Å². The standard InChI is InChI=1S/C22H28N6O2/c1-27(22(30)26-17-5-3-2-4-6-17)18-9-7-16(8-10-18)25-15-21(29)28-19(13-23)11-12-20(28)14-24/h2-6,16,18-20,25H,7-12,15H2,1H3,(H,26,30)/t16?,18?,19-,20+. The fraction of sp³-hybridized carbons (Fsp3) is 0.545. The fourth-order valence-electron chi connectivity index (χ4n) is 4.30. The highest BCUT2D eigenvalue weighted by Gasteiger charge is 2.37. The van der Waals surface area contributed by atoms with Crippen molar-refractivity contribution >= 4 is 17.6 Å². The minimum Gasteiger partial charge on any atom is -0.325 e. The van der Waals surface area contributed by atoms with Gasteiger partial charge in [-0.1, -0.05) is 18.2 Å². The predicted octanol–water partition coefficient (Wildman–Crippen LogP) is 2.46. The minimum atomic E-state index is -0.503. The molecule has 2 atom stereocenters. The second-order valence-electron chi connectivity index (χ2n) is 7.96. The van der Waals surface area contributed by atoms with E-state index in [1.807, 2.05) is 37.4 Å². The molecule has 1 saturated heterocycles. The number of likely N-dealkylation sites (tertiary alicyclic amines) is 1. The lowest BCUT2D eigenvalue weighted by Crippen LogP contribution is -2.48. The van der Waals surface area contributed by atoms with E-state index in [0.717, 1.165) is 31.4 Å². The summed E-state index contributed by atoms with van der Waals surface area (Å²) >= 11 is 0. The van der Waals surface area contributed by atoms with Gasteiger partial charge < -0.3 is 20.4 Å². The number of benzene rings is 1. The van der Waals surface area contributed by atoms with Crippen molar-refractivity contribution in [3.63, 3.8) is 0 Å². The zero-order chi connectivity index (χ0) is 21.5. The van der Waals surface area contributed by atoms with Gasteiger partial charge in [0, 0.05) is 24.8 Å². The van der Waals surface area contributed by atoms with Crippen molar-refractivity contribution < 1.29 is 9.59 Å². The Bertz CT molecular complexity index is 800. The summed E-state index contributed by atoms with van der Waals surface area (Å²) in [6, 6.07) is 12.9. The topological polar surface area (TPSA) is 112 Å². The maximum atomic E-state index is 12.6. The molecule has 1 saturated carbocycles. The third kappa shape index (κ3) is 5.08. The molecule has 0 aromatic heterocycles. The zero-order valence-corrected chi connectivity index (χ0v) is 17.3. The van der Waals surface area contributed by atoms with E-state index >= 15 is 0 Å². The number of nitrogens with one attached hydrogen (secondary N) is 2. The Morgan fingerprint density at radius 3 is 2.20 bits per heavy atom. The van der Waals surface area contributed by atoms with Gasteiger partial charge in [-0.05, 0) is 50.7 Å². The molecule has 2 N–H and O–H groups in total. The van der Waals surface area contributed by atoms with Crippen LogP contribution in [0.1, 0.15) is 38.5 Å². The Labute approximate surface area is 177 Å². The first kappa shape index (κ1) is 21.6. The number of hydrogen-bond donors (Lipinski definition) is 2. The monoisotopic (exact) mass is 408 g/mol. The maximum absolute atomic E-state index is 12.6. The number of hydrogen-bond acceptors (Lipinski definition) is 5. The first-order valence-corrected chi connectivity index (χ1v) is 10.5. The molecule has 1 aromatic carbocycles. The molecule has 30 heavy (non-hydrogen) atoms. The molecule has 0 bridgehead atoms. The van der Waals surface area contributed by atoms with Gasteiger partial charge in [0.05, 0.1) is 18.7 Å². The van der Waals surface area contributed by atoms with Crippen molar-refractivity contribution in [2.45, 2.75) is 62.7 Å². The Hall–Kier alpha value is -3.10. The van der Waals surface area contributed by atoms with E-state index < -0.39 is 12.1 Å². The highest BCUT2D eigenvalue weighted by Crippen LogP contribution is 2.25. The van der Waals surface area contributed by atoms with Crippen LogP contribution >= 0.6 is 0 Å². The molecule has 3 amide bonds. The molecule has 2 aliphatic rings. The van der Waals surface area contributed by atoms with Crippen molar-refractivity contribution in [2.75, 3.05) is 18.9 Å². The van der Waals surface area contributed by atoms with Crippen LogP contribution < -0.4 is 10.6 Å². The molecule has 1 aromatic rings. The van der Waals surface area contributed by atoms with E-state index in [2.05, 4.69) is 22.8 Å². The molecule has 1 heterocycles. The van der Waals surface area contributed by atoms with E-state index in [1.54, 1.807) is 4.90 Å². The molecular formula is C22H28N6O2. The van der Waals surface area contributed by atoms with Crippen molar-refractivity contribution in [1.82, 2.24) is 15.1 Å². The average molecular weight is 409 g/mol. The van der Waals surface area contributed by atoms with Crippen molar-refractivity contribution in [2.24, 2.45) is 0 Å². The molecule has 158 valence electrons. The van der Waals surface area contributed by atoms with Gasteiger partial charge in [0.15, 0.2) is 0 Å². The predicted molar refractivity (Wildman–Crippen MR) is 112 cm³/mol. The van der Waals surface area contributed by atoms with Crippen molar-refractivity contribution in [3.05, 3.63) is 30.3 Å². The van der Waals surface area contributed by atoms with Crippen LogP contribution in [-0.2, 0) is 4.79 Å². The van der Waals surface area contributed by atoms with Gasteiger partial charge in [-0.15, -0.1) is 0 Å². The first-order valence-electron chi connectivity index (χ1n) is 10.5. The first-order chi connectivity index (χ1) is 14.5. The Balaban J connectivity index is 1.43. The Kier molecular flexibility index (Phi) is 7.26. The summed E-state index contributed by atoms with van der Waals surface area (Å²) in [6.07, 6.45) is 4.56. The lowest BCUT2D eigenvalue weighted by molar-refractivity contribution is -0.131. The van der Waals surface area contributed by atoms with E-state index in [4.69, 9.17) is 0 Å². The SMILES string of the molecule is CN(C(=O)Nc1ccccc1)C1CCC(NCC(=O)N2[C@H](C#N)CC[C@@H]2C#N)CC1. The highest BCUT2D eigenvalue weighted by molar-refractivity contribution is 5.89. The van der Waals surface area contributed by atoms with Crippen LogP contribution in [0.5, 0.6) is 0 Å². The van der Waals surface area contributed by atoms with Gasteiger partial charge in [0.2, 0.25) is 5.91 Å². The van der Waals surface area contributed by atoms with E-state index in [9.17, 15) is 20.1 Å². The van der Waals surface area contributed by atoms with Crippen molar-refractivity contribution in [3.8, 4) is 12.1 Å². The molecular weight excluding hydrogens is 380 g/mol. The van der Waals surface area contributed by atoms with Gasteiger partial charge in [0.1, 0.15) is 12.1 Å². The van der Waals surface area contributed by atoms with Gasteiger partial charge in [-0.2, -0.15) is 10.5 Å². The molecule has 0 radical (unpaired) electrons. The highest BCUT2D eigenvalue weighted by atomic mass is 16.2. The number of urea groups is 1. The molecule has 3 rings (SSSR count). The maximum Gasteiger partial charge on any atom is 0.321 e. The Morgan fingerprint density at radius 1 is 1.03 bits per heavy atom. The largest absolute Gasteiger partial charge is 0.325 e. The summed E-state index contributed by atoms with van der Waals surface area (Å²) in [6.45, 7) is 0.135. The number of anilines is 1. The number of rotatable bonds is 5. The fourth-order valence-corrected chi connectivity index (χ4v) is 4.30. The lowest BCUT2D eigenvalue weighted by Gasteiger charge is -2.35. The smallest absolute Gasteiger partial charge is 0.321 e. The van der Waals surface area contributed by atoms with Crippen LogP contribution in [0.2, 0.25) is 0 Å². The van der Waals surface area contributed by atoms with Crippen molar-refractivity contribution in [1.29, 1.82) is 10.5 Å². The molecule has 0 spiro atoms. The number of amides is 3. The summed E-state index contributed by atoms with van der Waals surface area (Å²) in [4.78, 5) is 28.2. The van der Waals surface area contributed by atoms with Crippen LogP contribution in [0.15, 0.2) is 30.3 Å². The summed E-state index contributed by atoms with van der Waals surface area (Å²) in [5.74, 6) is -0.188. The number of nitrogens with zero attached hydrogens (tertiary/aromatic N) is 4. The zero-order valence-electron chi connectivity index (χ0n) is 17.3. The second kappa shape index (κ2) is 10.1. The van der Waals surface area contributed by atoms with Crippen LogP contribution in [0, 0.1) is 22.7 Å². The molecule has 8 nitrogen and oxygen atoms in total. The quantitative estimate of drug-likeness (QED) is 0.777. The number of nitriles is 2. The van der Waals surface area contributed by atoms with E-state index in [-0.39, 0.29) is 30.6 Å². The second-order valence-corrected chi connectivity index (χ2v) is 7.96. The van der Waals surface area contributed by atoms with Crippen LogP contribution in [0.4, 0.5) is 10.5 Å². The lowest BCUT2D eigenvalue weighted by atomic mass is 9.90. The normalized spacial score (nSPS) is 25.8. The average Bonchev–Trinajstić information content (AvgIpc) is 3.21. The van der Waals surface area contributed by atoms with Gasteiger partial charge in [-0.3, -0.25) is 4.79 Å². The third-order valence-corrected chi connectivity index (χ3v) is 6.10. The van der Waals surface area contributed by atoms with Crippen LogP contribution in [0.3, 0.4) is 0 Å². The van der Waals surface area contributed by atoms with Gasteiger partial charge in [0.25, 0.3) is 0 Å². The number of para-hydroxylation sites is 1. The van der Waals surface area contributed by atoms with E-state index in [1.165, 1.54) is 4.90 Å². The summed E-state index contributed by atoms with van der Waals surface area (Å²) < 4.78 is 0. The molecule has 8 heteroatoms. The summed E-state index contributed by atoms with van der Waals surface area (Å²) in [5, 5.41) is 24.6. The van der Waals surface area contributed by atoms with Gasteiger partial charge >= 0.3 is 6.03 Å². The molecule has 1 aliphatic carbocycles. The van der Waals surface area contributed by atoms with Gasteiger partial charge in [-0.25, -0.2) is 4.79 Å². The molecule has 0 unspecified atom stereocenters. The van der Waals surface area contributed by atoms with E-state index in [0.29, 0.717) is 12.8 Å². The summed E-state index contributed by atoms with van der Waals surface area (Å²) in [7, 11) is 1.82. The number of carbonyl (C=O) groups is 2.